The molecule has 0 N–H and O–H groups in total. The lowest BCUT2D eigenvalue weighted by atomic mass is 10.0. The molecule has 196 valence electrons. The second-order valence-corrected chi connectivity index (χ2v) is 10.2. The maximum absolute atomic E-state index is 12.0. The van der Waals surface area contributed by atoms with Crippen LogP contribution in [0.4, 0.5) is 0 Å². The highest BCUT2D eigenvalue weighted by Crippen LogP contribution is 2.15. The molecular weight excluding hydrogens is 408 g/mol. The van der Waals surface area contributed by atoms with Crippen molar-refractivity contribution in [3.63, 3.8) is 0 Å². The topological polar surface area (TPSA) is 43.4 Å². The Morgan fingerprint density at radius 2 is 0.758 bits per heavy atom. The molecule has 0 aliphatic rings. The summed E-state index contributed by atoms with van der Waals surface area (Å²) in [6.07, 6.45) is 31.6. The van der Waals surface area contributed by atoms with Crippen LogP contribution < -0.4 is 0 Å². The summed E-state index contributed by atoms with van der Waals surface area (Å²) in [6.45, 7) is 4.32. The van der Waals surface area contributed by atoms with Crippen LogP contribution in [0.5, 0.6) is 0 Å². The molecule has 3 heteroatoms. The minimum atomic E-state index is -0.173. The lowest BCUT2D eigenvalue weighted by Crippen LogP contribution is -2.00. The molecule has 0 bridgehead atoms. The predicted octanol–water partition coefficient (Wildman–Crippen LogP) is 9.89. The number of hydrogen-bond acceptors (Lipinski definition) is 3. The van der Waals surface area contributed by atoms with Crippen molar-refractivity contribution in [2.75, 3.05) is 6.61 Å². The molecule has 33 heavy (non-hydrogen) atoms. The van der Waals surface area contributed by atoms with Crippen molar-refractivity contribution in [1.82, 2.24) is 0 Å². The zero-order valence-electron chi connectivity index (χ0n) is 22.6. The van der Waals surface area contributed by atoms with Crippen LogP contribution in [0.25, 0.3) is 0 Å². The van der Waals surface area contributed by atoms with Gasteiger partial charge in [0.2, 0.25) is 0 Å². The van der Waals surface area contributed by atoms with Gasteiger partial charge in [-0.2, -0.15) is 0 Å². The molecule has 0 atom stereocenters. The smallest absolute Gasteiger partial charge is 0.302 e. The largest absolute Gasteiger partial charge is 0.466 e. The molecule has 0 saturated heterocycles. The van der Waals surface area contributed by atoms with Crippen LogP contribution >= 0.6 is 0 Å². The summed E-state index contributed by atoms with van der Waals surface area (Å²) >= 11 is 0. The van der Waals surface area contributed by atoms with E-state index in [0.717, 1.165) is 38.5 Å². The van der Waals surface area contributed by atoms with E-state index in [-0.39, 0.29) is 5.97 Å². The summed E-state index contributed by atoms with van der Waals surface area (Å²) in [5, 5.41) is 0. The van der Waals surface area contributed by atoms with Crippen LogP contribution in [0.1, 0.15) is 174 Å². The third-order valence-electron chi connectivity index (χ3n) is 6.71. The first-order chi connectivity index (χ1) is 16.2. The quantitative estimate of drug-likeness (QED) is 0.0893. The van der Waals surface area contributed by atoms with Crippen molar-refractivity contribution in [2.24, 2.45) is 0 Å². The Morgan fingerprint density at radius 3 is 1.09 bits per heavy atom. The maximum Gasteiger partial charge on any atom is 0.302 e. The SMILES string of the molecule is CCCCCCCCCCCCCCCCC(=O)CCCCCCCCCCCOC(C)=O. The number of carbonyl (C=O) groups excluding carboxylic acids is 2. The second kappa shape index (κ2) is 27.4. The predicted molar refractivity (Wildman–Crippen MR) is 143 cm³/mol. The number of Topliss-reactive ketones (excluding diaryl/α,β-unsaturated/α-hetero) is 1. The number of ketones is 1. The molecule has 0 aliphatic heterocycles. The van der Waals surface area contributed by atoms with Crippen LogP contribution in [-0.2, 0) is 14.3 Å². The van der Waals surface area contributed by atoms with Gasteiger partial charge in [0.05, 0.1) is 6.61 Å². The second-order valence-electron chi connectivity index (χ2n) is 10.2. The Bertz CT molecular complexity index is 419. The van der Waals surface area contributed by atoms with Gasteiger partial charge in [0.15, 0.2) is 0 Å². The first-order valence-corrected chi connectivity index (χ1v) is 14.8. The van der Waals surface area contributed by atoms with Gasteiger partial charge in [0.1, 0.15) is 5.78 Å². The number of ether oxygens (including phenoxy) is 1. The van der Waals surface area contributed by atoms with Crippen molar-refractivity contribution in [1.29, 1.82) is 0 Å². The van der Waals surface area contributed by atoms with Gasteiger partial charge >= 0.3 is 5.97 Å². The number of esters is 1. The summed E-state index contributed by atoms with van der Waals surface area (Å²) in [5.74, 6) is 0.315. The minimum absolute atomic E-state index is 0.173. The normalized spacial score (nSPS) is 11.1. The fourth-order valence-corrected chi connectivity index (χ4v) is 4.52. The Balaban J connectivity index is 3.16. The highest BCUT2D eigenvalue weighted by molar-refractivity contribution is 5.78. The standard InChI is InChI=1S/C30H58O3/c1-3-4-5-6-7-8-9-10-11-12-14-17-20-23-26-30(32)27-24-21-18-15-13-16-19-22-25-28-33-29(2)31/h3-28H2,1-2H3. The molecular formula is C30H58O3. The molecule has 0 aromatic heterocycles. The van der Waals surface area contributed by atoms with Gasteiger partial charge in [-0.25, -0.2) is 0 Å². The van der Waals surface area contributed by atoms with Crippen LogP contribution in [-0.4, -0.2) is 18.4 Å². The molecule has 0 aliphatic carbocycles. The zero-order chi connectivity index (χ0) is 24.2. The third kappa shape index (κ3) is 29.1. The van der Waals surface area contributed by atoms with Crippen molar-refractivity contribution < 1.29 is 14.3 Å². The van der Waals surface area contributed by atoms with Gasteiger partial charge < -0.3 is 4.74 Å². The lowest BCUT2D eigenvalue weighted by molar-refractivity contribution is -0.141. The van der Waals surface area contributed by atoms with Gasteiger partial charge in [-0.1, -0.05) is 135 Å². The highest BCUT2D eigenvalue weighted by Gasteiger charge is 2.02. The van der Waals surface area contributed by atoms with Gasteiger partial charge in [-0.05, 0) is 19.3 Å². The molecule has 0 aromatic rings. The fourth-order valence-electron chi connectivity index (χ4n) is 4.52. The molecule has 0 spiro atoms. The molecule has 0 saturated carbocycles. The van der Waals surface area contributed by atoms with Crippen molar-refractivity contribution in [3.05, 3.63) is 0 Å². The van der Waals surface area contributed by atoms with Crippen LogP contribution in [0, 0.1) is 0 Å². The summed E-state index contributed by atoms with van der Waals surface area (Å²) in [4.78, 5) is 22.7. The van der Waals surface area contributed by atoms with Gasteiger partial charge in [-0.3, -0.25) is 9.59 Å². The van der Waals surface area contributed by atoms with E-state index in [1.54, 1.807) is 0 Å². The molecule has 0 fully saturated rings. The van der Waals surface area contributed by atoms with E-state index in [0.29, 0.717) is 12.4 Å². The first kappa shape index (κ1) is 32.1. The van der Waals surface area contributed by atoms with Crippen LogP contribution in [0.3, 0.4) is 0 Å². The van der Waals surface area contributed by atoms with Crippen LogP contribution in [0.2, 0.25) is 0 Å². The molecule has 0 rings (SSSR count). The first-order valence-electron chi connectivity index (χ1n) is 14.8. The van der Waals surface area contributed by atoms with E-state index in [9.17, 15) is 9.59 Å². The minimum Gasteiger partial charge on any atom is -0.466 e. The lowest BCUT2D eigenvalue weighted by Gasteiger charge is -2.04. The zero-order valence-corrected chi connectivity index (χ0v) is 22.6. The molecule has 0 aromatic carbocycles. The van der Waals surface area contributed by atoms with E-state index in [4.69, 9.17) is 4.74 Å². The van der Waals surface area contributed by atoms with Gasteiger partial charge in [-0.15, -0.1) is 0 Å². The third-order valence-corrected chi connectivity index (χ3v) is 6.71. The van der Waals surface area contributed by atoms with E-state index in [1.807, 2.05) is 0 Å². The number of unbranched alkanes of at least 4 members (excludes halogenated alkanes) is 21. The number of rotatable bonds is 27. The average molecular weight is 467 g/mol. The Hall–Kier alpha value is -0.860. The van der Waals surface area contributed by atoms with E-state index in [2.05, 4.69) is 6.92 Å². The molecule has 3 nitrogen and oxygen atoms in total. The molecule has 0 amide bonds. The van der Waals surface area contributed by atoms with Crippen molar-refractivity contribution >= 4 is 11.8 Å². The summed E-state index contributed by atoms with van der Waals surface area (Å²) in [7, 11) is 0. The molecule has 0 radical (unpaired) electrons. The number of carbonyl (C=O) groups is 2. The molecule has 0 unspecified atom stereocenters. The highest BCUT2D eigenvalue weighted by atomic mass is 16.5. The summed E-state index contributed by atoms with van der Waals surface area (Å²) in [5.41, 5.74) is 0. The average Bonchev–Trinajstić information content (AvgIpc) is 2.79. The Kier molecular flexibility index (Phi) is 26.7. The van der Waals surface area contributed by atoms with E-state index < -0.39 is 0 Å². The Morgan fingerprint density at radius 1 is 0.455 bits per heavy atom. The molecule has 0 heterocycles. The maximum atomic E-state index is 12.0. The fraction of sp³-hybridized carbons (Fsp3) is 0.933. The van der Waals surface area contributed by atoms with Gasteiger partial charge in [0, 0.05) is 19.8 Å². The van der Waals surface area contributed by atoms with Crippen molar-refractivity contribution in [2.45, 2.75) is 174 Å². The summed E-state index contributed by atoms with van der Waals surface area (Å²) < 4.78 is 4.94. The number of hydrogen-bond donors (Lipinski definition) is 0. The monoisotopic (exact) mass is 466 g/mol. The van der Waals surface area contributed by atoms with Crippen molar-refractivity contribution in [3.8, 4) is 0 Å². The van der Waals surface area contributed by atoms with E-state index >= 15 is 0 Å². The van der Waals surface area contributed by atoms with Gasteiger partial charge in [0.25, 0.3) is 0 Å². The van der Waals surface area contributed by atoms with Crippen LogP contribution in [0.15, 0.2) is 0 Å². The van der Waals surface area contributed by atoms with E-state index in [1.165, 1.54) is 129 Å². The Labute approximate surface area is 207 Å². The summed E-state index contributed by atoms with van der Waals surface area (Å²) in [6, 6.07) is 0.